The Kier molecular flexibility index (Phi) is 5.34. The first kappa shape index (κ1) is 24.6. The molecule has 0 fully saturated rings. The van der Waals surface area contributed by atoms with Gasteiger partial charge in [-0.25, -0.2) is 9.97 Å². The van der Waals surface area contributed by atoms with Crippen LogP contribution in [0.15, 0.2) is 140 Å². The van der Waals surface area contributed by atoms with E-state index in [2.05, 4.69) is 119 Å². The lowest BCUT2D eigenvalue weighted by Gasteiger charge is -2.13. The Labute approximate surface area is 253 Å². The molecule has 0 saturated carbocycles. The molecule has 0 aliphatic heterocycles. The second-order valence-corrected chi connectivity index (χ2v) is 11.2. The second-order valence-electron chi connectivity index (χ2n) is 11.2. The second kappa shape index (κ2) is 9.54. The van der Waals surface area contributed by atoms with Gasteiger partial charge in [0.15, 0.2) is 0 Å². The van der Waals surface area contributed by atoms with E-state index in [1.807, 2.05) is 36.7 Å². The van der Waals surface area contributed by atoms with Gasteiger partial charge in [0, 0.05) is 39.4 Å². The number of imidazole rings is 1. The number of hydrogen-bond donors (Lipinski definition) is 0. The van der Waals surface area contributed by atoms with Gasteiger partial charge in [0.05, 0.1) is 28.4 Å². The number of ether oxygens (including phenoxy) is 1. The maximum absolute atomic E-state index is 6.59. The van der Waals surface area contributed by atoms with E-state index in [-0.39, 0.29) is 0 Å². The number of benzene rings is 5. The Morgan fingerprint density at radius 2 is 1.23 bits per heavy atom. The first-order valence-corrected chi connectivity index (χ1v) is 14.7. The number of aromatic nitrogens is 4. The summed E-state index contributed by atoms with van der Waals surface area (Å²) in [5.41, 5.74) is 7.56. The van der Waals surface area contributed by atoms with Crippen LogP contribution < -0.4 is 4.74 Å². The number of rotatable bonds is 4. The highest BCUT2D eigenvalue weighted by Gasteiger charge is 2.17. The van der Waals surface area contributed by atoms with E-state index >= 15 is 0 Å². The molecule has 0 spiro atoms. The number of fused-ring (bicyclic) bond motifs is 9. The van der Waals surface area contributed by atoms with Gasteiger partial charge in [0.1, 0.15) is 23.0 Å². The topological polar surface area (TPSA) is 44.4 Å². The Balaban J connectivity index is 1.22. The summed E-state index contributed by atoms with van der Waals surface area (Å²) >= 11 is 0. The average molecular weight is 567 g/mol. The highest BCUT2D eigenvalue weighted by Crippen LogP contribution is 2.38. The van der Waals surface area contributed by atoms with Crippen molar-refractivity contribution in [3.05, 3.63) is 145 Å². The van der Waals surface area contributed by atoms with E-state index in [0.717, 1.165) is 72.5 Å². The maximum Gasteiger partial charge on any atom is 0.145 e. The van der Waals surface area contributed by atoms with Crippen LogP contribution in [0.3, 0.4) is 0 Å². The van der Waals surface area contributed by atoms with Crippen LogP contribution in [0.5, 0.6) is 11.5 Å². The summed E-state index contributed by atoms with van der Waals surface area (Å²) in [5.74, 6) is 2.41. The predicted octanol–water partition coefficient (Wildman–Crippen LogP) is 9.90. The number of aryl methyl sites for hydroxylation is 1. The van der Waals surface area contributed by atoms with Crippen LogP contribution in [0.2, 0.25) is 0 Å². The lowest BCUT2D eigenvalue weighted by Crippen LogP contribution is -1.97. The fourth-order valence-electron chi connectivity index (χ4n) is 6.54. The Bertz CT molecular complexity index is 2540. The molecule has 0 atom stereocenters. The van der Waals surface area contributed by atoms with E-state index < -0.39 is 0 Å². The first-order valence-electron chi connectivity index (χ1n) is 14.7. The summed E-state index contributed by atoms with van der Waals surface area (Å²) < 4.78 is 11.1. The van der Waals surface area contributed by atoms with Crippen molar-refractivity contribution in [1.29, 1.82) is 0 Å². The van der Waals surface area contributed by atoms with E-state index in [4.69, 9.17) is 14.7 Å². The number of hydrogen-bond acceptors (Lipinski definition) is 3. The van der Waals surface area contributed by atoms with Gasteiger partial charge in [-0.2, -0.15) is 0 Å². The van der Waals surface area contributed by atoms with E-state index in [1.54, 1.807) is 0 Å². The van der Waals surface area contributed by atoms with Crippen LogP contribution in [0.1, 0.15) is 5.56 Å². The molecule has 208 valence electrons. The van der Waals surface area contributed by atoms with Crippen LogP contribution in [0.25, 0.3) is 66.2 Å². The molecule has 9 rings (SSSR count). The molecule has 5 aromatic carbocycles. The summed E-state index contributed by atoms with van der Waals surface area (Å²) in [4.78, 5) is 9.66. The van der Waals surface area contributed by atoms with Gasteiger partial charge < -0.3 is 4.74 Å². The molecular weight excluding hydrogens is 540 g/mol. The van der Waals surface area contributed by atoms with Gasteiger partial charge in [-0.05, 0) is 72.5 Å². The molecule has 0 unspecified atom stereocenters. The fourth-order valence-corrected chi connectivity index (χ4v) is 6.54. The predicted molar refractivity (Wildman–Crippen MR) is 179 cm³/mol. The van der Waals surface area contributed by atoms with Gasteiger partial charge in [0.25, 0.3) is 0 Å². The van der Waals surface area contributed by atoms with Crippen LogP contribution in [0, 0.1) is 6.92 Å². The summed E-state index contributed by atoms with van der Waals surface area (Å²) in [6.07, 6.45) is 3.83. The third-order valence-corrected chi connectivity index (χ3v) is 8.51. The maximum atomic E-state index is 6.59. The lowest BCUT2D eigenvalue weighted by atomic mass is 10.0. The smallest absolute Gasteiger partial charge is 0.145 e. The minimum absolute atomic E-state index is 0.759. The van der Waals surface area contributed by atoms with Crippen molar-refractivity contribution >= 4 is 49.1 Å². The molecule has 0 saturated heterocycles. The molecule has 0 N–H and O–H groups in total. The van der Waals surface area contributed by atoms with Gasteiger partial charge in [0.2, 0.25) is 0 Å². The van der Waals surface area contributed by atoms with Gasteiger partial charge in [-0.1, -0.05) is 66.7 Å². The molecule has 9 aromatic rings. The zero-order valence-electron chi connectivity index (χ0n) is 24.0. The van der Waals surface area contributed by atoms with Gasteiger partial charge in [-0.3, -0.25) is 8.97 Å². The van der Waals surface area contributed by atoms with Crippen molar-refractivity contribution in [3.63, 3.8) is 0 Å². The third kappa shape index (κ3) is 3.73. The third-order valence-electron chi connectivity index (χ3n) is 8.51. The van der Waals surface area contributed by atoms with Gasteiger partial charge >= 0.3 is 0 Å². The highest BCUT2D eigenvalue weighted by atomic mass is 16.5. The molecule has 5 heteroatoms. The fraction of sp³-hybridized carbons (Fsp3) is 0.0256. The van der Waals surface area contributed by atoms with Crippen molar-refractivity contribution in [3.8, 4) is 28.6 Å². The summed E-state index contributed by atoms with van der Waals surface area (Å²) in [7, 11) is 0. The minimum atomic E-state index is 0.759. The number of pyridine rings is 2. The van der Waals surface area contributed by atoms with Crippen molar-refractivity contribution in [2.45, 2.75) is 6.92 Å². The molecule has 0 aliphatic rings. The molecule has 0 amide bonds. The zero-order valence-corrected chi connectivity index (χ0v) is 24.0. The van der Waals surface area contributed by atoms with E-state index in [1.165, 1.54) is 10.8 Å². The van der Waals surface area contributed by atoms with Crippen molar-refractivity contribution < 1.29 is 4.74 Å². The Morgan fingerprint density at radius 1 is 0.545 bits per heavy atom. The molecule has 0 bridgehead atoms. The van der Waals surface area contributed by atoms with Crippen molar-refractivity contribution in [2.24, 2.45) is 0 Å². The van der Waals surface area contributed by atoms with E-state index in [0.29, 0.717) is 0 Å². The van der Waals surface area contributed by atoms with Crippen LogP contribution in [-0.2, 0) is 0 Å². The van der Waals surface area contributed by atoms with Crippen LogP contribution >= 0.6 is 0 Å². The zero-order chi connectivity index (χ0) is 29.2. The molecule has 4 heterocycles. The Hall–Kier alpha value is -5.94. The molecular formula is C39H26N4O. The standard InChI is InChI=1S/C39H26N4O/c1-25-19-20-40-38(21-25)42-34-13-7-6-12-31(34)32-18-16-28(23-36(32)42)44-27-15-17-29-30-11-5-8-14-35(30)43-37(26-9-3-2-4-10-26)24-41-39(43)33(29)22-27/h2-24H,1H3. The lowest BCUT2D eigenvalue weighted by molar-refractivity contribution is 0.484. The monoisotopic (exact) mass is 566 g/mol. The average Bonchev–Trinajstić information content (AvgIpc) is 3.65. The summed E-state index contributed by atoms with van der Waals surface area (Å²) in [5, 5.41) is 5.71. The van der Waals surface area contributed by atoms with Crippen molar-refractivity contribution in [2.75, 3.05) is 0 Å². The number of para-hydroxylation sites is 2. The molecule has 44 heavy (non-hydrogen) atoms. The van der Waals surface area contributed by atoms with Gasteiger partial charge in [-0.15, -0.1) is 0 Å². The van der Waals surface area contributed by atoms with Crippen LogP contribution in [-0.4, -0.2) is 18.9 Å². The Morgan fingerprint density at radius 3 is 2.05 bits per heavy atom. The largest absolute Gasteiger partial charge is 0.457 e. The highest BCUT2D eigenvalue weighted by molar-refractivity contribution is 6.13. The first-order chi connectivity index (χ1) is 21.7. The minimum Gasteiger partial charge on any atom is -0.457 e. The molecule has 4 aromatic heterocycles. The summed E-state index contributed by atoms with van der Waals surface area (Å²) in [6.45, 7) is 2.09. The van der Waals surface area contributed by atoms with Crippen molar-refractivity contribution in [1.82, 2.24) is 18.9 Å². The van der Waals surface area contributed by atoms with Crippen LogP contribution in [0.4, 0.5) is 0 Å². The summed E-state index contributed by atoms with van der Waals surface area (Å²) in [6, 6.07) is 44.2. The quantitative estimate of drug-likeness (QED) is 0.199. The number of nitrogens with zero attached hydrogens (tertiary/aromatic N) is 4. The molecule has 0 radical (unpaired) electrons. The normalized spacial score (nSPS) is 11.8. The van der Waals surface area contributed by atoms with E-state index in [9.17, 15) is 0 Å². The molecule has 5 nitrogen and oxygen atoms in total. The SMILES string of the molecule is Cc1ccnc(-n2c3ccccc3c3ccc(Oc4ccc5c6ccccc6n6c(-c7ccccc7)cnc6c5c4)cc32)c1. The molecule has 0 aliphatic carbocycles.